The molecule has 9 heteroatoms. The van der Waals surface area contributed by atoms with Crippen molar-refractivity contribution in [3.63, 3.8) is 0 Å². The van der Waals surface area contributed by atoms with Crippen molar-refractivity contribution in [1.82, 2.24) is 19.9 Å². The van der Waals surface area contributed by atoms with Gasteiger partial charge in [0.15, 0.2) is 5.82 Å². The van der Waals surface area contributed by atoms with Gasteiger partial charge in [0.25, 0.3) is 5.91 Å². The quantitative estimate of drug-likeness (QED) is 0.678. The molecule has 0 bridgehead atoms. The van der Waals surface area contributed by atoms with Crippen LogP contribution in [0.1, 0.15) is 47.1 Å². The summed E-state index contributed by atoms with van der Waals surface area (Å²) in [6.45, 7) is 1.21. The van der Waals surface area contributed by atoms with Gasteiger partial charge >= 0.3 is 0 Å². The molecular formula is C22H22N6O2S. The van der Waals surface area contributed by atoms with Crippen LogP contribution < -0.4 is 10.2 Å². The lowest BCUT2D eigenvalue weighted by molar-refractivity contribution is -0.117. The third kappa shape index (κ3) is 3.88. The van der Waals surface area contributed by atoms with Crippen molar-refractivity contribution in [2.75, 3.05) is 23.3 Å². The number of carbonyl (C=O) groups excluding carboxylic acids is 2. The minimum Gasteiger partial charge on any atom is -0.359 e. The first-order chi connectivity index (χ1) is 15.2. The Morgan fingerprint density at radius 2 is 2.16 bits per heavy atom. The first-order valence-corrected chi connectivity index (χ1v) is 11.3. The molecule has 0 radical (unpaired) electrons. The van der Waals surface area contributed by atoms with E-state index >= 15 is 0 Å². The van der Waals surface area contributed by atoms with E-state index < -0.39 is 0 Å². The molecule has 2 aliphatic rings. The van der Waals surface area contributed by atoms with Gasteiger partial charge in [-0.3, -0.25) is 14.6 Å². The zero-order valence-corrected chi connectivity index (χ0v) is 17.7. The predicted molar refractivity (Wildman–Crippen MR) is 118 cm³/mol. The topological polar surface area (TPSA) is 91.3 Å². The van der Waals surface area contributed by atoms with Crippen LogP contribution >= 0.6 is 11.3 Å². The van der Waals surface area contributed by atoms with Crippen molar-refractivity contribution >= 4 is 34.7 Å². The Morgan fingerprint density at radius 1 is 1.23 bits per heavy atom. The molecule has 0 spiro atoms. The van der Waals surface area contributed by atoms with Gasteiger partial charge in [-0.25, -0.2) is 9.97 Å². The monoisotopic (exact) mass is 434 g/mol. The van der Waals surface area contributed by atoms with E-state index in [1.807, 2.05) is 28.5 Å². The number of hydrogen-bond acceptors (Lipinski definition) is 7. The van der Waals surface area contributed by atoms with Crippen LogP contribution in [0.4, 0.5) is 11.5 Å². The van der Waals surface area contributed by atoms with Crippen LogP contribution in [0.3, 0.4) is 0 Å². The Bertz CT molecular complexity index is 1090. The normalized spacial score (nSPS) is 18.5. The Morgan fingerprint density at radius 3 is 2.97 bits per heavy atom. The average Bonchev–Trinajstić information content (AvgIpc) is 3.34. The van der Waals surface area contributed by atoms with E-state index in [-0.39, 0.29) is 24.4 Å². The number of pyridine rings is 2. The fraction of sp³-hybridized carbons (Fsp3) is 0.318. The maximum atomic E-state index is 13.5. The van der Waals surface area contributed by atoms with E-state index in [0.29, 0.717) is 30.2 Å². The fourth-order valence-electron chi connectivity index (χ4n) is 4.17. The van der Waals surface area contributed by atoms with Gasteiger partial charge < -0.3 is 15.1 Å². The second-order valence-electron chi connectivity index (χ2n) is 7.67. The summed E-state index contributed by atoms with van der Waals surface area (Å²) in [6, 6.07) is 7.52. The standard InChI is InChI=1S/C22H22N6O2S/c29-20-11-25-21-19(28(20)12-16-13-31-14-26-16)9-15(10-24-21)22(30)27-8-4-2-6-18(27)17-5-1-3-7-23-17/h1,3,5,7,9-10,13-14,18H,2,4,6,8,11-12H2,(H,24,25). The molecule has 2 amide bonds. The van der Waals surface area contributed by atoms with Gasteiger partial charge in [-0.1, -0.05) is 6.07 Å². The molecule has 31 heavy (non-hydrogen) atoms. The Labute approximate surface area is 184 Å². The van der Waals surface area contributed by atoms with E-state index in [9.17, 15) is 9.59 Å². The first-order valence-electron chi connectivity index (χ1n) is 10.3. The summed E-state index contributed by atoms with van der Waals surface area (Å²) < 4.78 is 0. The van der Waals surface area contributed by atoms with Gasteiger partial charge in [0.1, 0.15) is 0 Å². The molecule has 3 aromatic rings. The molecule has 0 saturated carbocycles. The number of nitrogens with zero attached hydrogens (tertiary/aromatic N) is 5. The lowest BCUT2D eigenvalue weighted by atomic mass is 9.97. The van der Waals surface area contributed by atoms with E-state index in [1.165, 1.54) is 11.3 Å². The summed E-state index contributed by atoms with van der Waals surface area (Å²) >= 11 is 1.49. The molecule has 0 aliphatic carbocycles. The summed E-state index contributed by atoms with van der Waals surface area (Å²) in [6.07, 6.45) is 6.27. The highest BCUT2D eigenvalue weighted by molar-refractivity contribution is 7.07. The van der Waals surface area contributed by atoms with Gasteiger partial charge in [-0.15, -0.1) is 11.3 Å². The van der Waals surface area contributed by atoms with E-state index in [0.717, 1.165) is 30.7 Å². The summed E-state index contributed by atoms with van der Waals surface area (Å²) in [5, 5.41) is 4.97. The highest BCUT2D eigenvalue weighted by atomic mass is 32.1. The third-order valence-corrected chi connectivity index (χ3v) is 6.35. The molecule has 8 nitrogen and oxygen atoms in total. The minimum atomic E-state index is -0.0858. The molecule has 1 fully saturated rings. The van der Waals surface area contributed by atoms with Crippen molar-refractivity contribution in [3.05, 3.63) is 64.5 Å². The van der Waals surface area contributed by atoms with Gasteiger partial charge in [-0.05, 0) is 37.5 Å². The summed E-state index contributed by atoms with van der Waals surface area (Å²) in [5.41, 5.74) is 4.55. The van der Waals surface area contributed by atoms with Gasteiger partial charge in [-0.2, -0.15) is 0 Å². The van der Waals surface area contributed by atoms with Crippen LogP contribution in [0.25, 0.3) is 0 Å². The van der Waals surface area contributed by atoms with Crippen LogP contribution in [0.5, 0.6) is 0 Å². The van der Waals surface area contributed by atoms with Crippen LogP contribution in [-0.4, -0.2) is 44.8 Å². The second kappa shape index (κ2) is 8.43. The van der Waals surface area contributed by atoms with Crippen molar-refractivity contribution < 1.29 is 9.59 Å². The Kier molecular flexibility index (Phi) is 5.33. The fourth-order valence-corrected chi connectivity index (χ4v) is 4.72. The number of anilines is 2. The Hall–Kier alpha value is -3.33. The lowest BCUT2D eigenvalue weighted by Crippen LogP contribution is -2.41. The highest BCUT2D eigenvalue weighted by Crippen LogP contribution is 2.34. The number of piperidine rings is 1. The average molecular weight is 435 g/mol. The lowest BCUT2D eigenvalue weighted by Gasteiger charge is -2.36. The molecule has 1 unspecified atom stereocenters. The van der Waals surface area contributed by atoms with Crippen molar-refractivity contribution in [2.45, 2.75) is 31.8 Å². The summed E-state index contributed by atoms with van der Waals surface area (Å²) in [4.78, 5) is 42.9. The zero-order valence-electron chi connectivity index (χ0n) is 16.9. The molecule has 2 aliphatic heterocycles. The van der Waals surface area contributed by atoms with Crippen LogP contribution in [0.15, 0.2) is 47.5 Å². The largest absolute Gasteiger partial charge is 0.359 e. The van der Waals surface area contributed by atoms with Crippen LogP contribution in [0, 0.1) is 0 Å². The number of amides is 2. The zero-order chi connectivity index (χ0) is 21.2. The molecule has 5 rings (SSSR count). The first kappa shape index (κ1) is 19.6. The SMILES string of the molecule is O=C1CNc2ncc(C(=O)N3CCCCC3c3ccccn3)cc2N1Cc1cscn1. The second-order valence-corrected chi connectivity index (χ2v) is 8.39. The minimum absolute atomic E-state index is 0.0515. The number of likely N-dealkylation sites (tertiary alicyclic amines) is 1. The van der Waals surface area contributed by atoms with E-state index in [4.69, 9.17) is 0 Å². The molecule has 158 valence electrons. The van der Waals surface area contributed by atoms with E-state index in [2.05, 4.69) is 20.3 Å². The smallest absolute Gasteiger partial charge is 0.256 e. The summed E-state index contributed by atoms with van der Waals surface area (Å²) in [5.74, 6) is 0.444. The predicted octanol–water partition coefficient (Wildman–Crippen LogP) is 3.26. The molecule has 1 saturated heterocycles. The molecule has 3 aromatic heterocycles. The Balaban J connectivity index is 1.46. The molecule has 0 aromatic carbocycles. The third-order valence-electron chi connectivity index (χ3n) is 5.71. The number of thiazole rings is 1. The molecule has 1 N–H and O–H groups in total. The number of aromatic nitrogens is 3. The summed E-state index contributed by atoms with van der Waals surface area (Å²) in [7, 11) is 0. The highest BCUT2D eigenvalue weighted by Gasteiger charge is 2.32. The maximum absolute atomic E-state index is 13.5. The maximum Gasteiger partial charge on any atom is 0.256 e. The van der Waals surface area contributed by atoms with Gasteiger partial charge in [0.05, 0.1) is 47.3 Å². The molecule has 5 heterocycles. The number of nitrogens with one attached hydrogen (secondary N) is 1. The number of rotatable bonds is 4. The number of carbonyl (C=O) groups is 2. The van der Waals surface area contributed by atoms with Crippen molar-refractivity contribution in [3.8, 4) is 0 Å². The van der Waals surface area contributed by atoms with Crippen LogP contribution in [0.2, 0.25) is 0 Å². The van der Waals surface area contributed by atoms with Crippen molar-refractivity contribution in [2.24, 2.45) is 0 Å². The van der Waals surface area contributed by atoms with Crippen molar-refractivity contribution in [1.29, 1.82) is 0 Å². The molecule has 1 atom stereocenters. The number of fused-ring (bicyclic) bond motifs is 1. The molecular weight excluding hydrogens is 412 g/mol. The van der Waals surface area contributed by atoms with Gasteiger partial charge in [0.2, 0.25) is 5.91 Å². The van der Waals surface area contributed by atoms with E-state index in [1.54, 1.807) is 28.9 Å². The van der Waals surface area contributed by atoms with Gasteiger partial charge in [0, 0.05) is 24.3 Å². The van der Waals surface area contributed by atoms with Crippen LogP contribution in [-0.2, 0) is 11.3 Å². The number of hydrogen-bond donors (Lipinski definition) is 1.